The predicted octanol–water partition coefficient (Wildman–Crippen LogP) is 4.83. The quantitative estimate of drug-likeness (QED) is 0.723. The monoisotopic (exact) mass is 274 g/mol. The fraction of sp³-hybridized carbons (Fsp3) is 0.235. The first-order valence-electron chi connectivity index (χ1n) is 6.31. The normalized spacial score (nSPS) is 8.60. The van der Waals surface area contributed by atoms with Crippen molar-refractivity contribution in [3.8, 4) is 0 Å². The molecule has 2 aromatic rings. The van der Waals surface area contributed by atoms with E-state index in [-0.39, 0.29) is 0 Å². The number of carbonyl (C=O) groups is 1. The van der Waals surface area contributed by atoms with Gasteiger partial charge in [0.1, 0.15) is 0 Å². The van der Waals surface area contributed by atoms with E-state index in [2.05, 4.69) is 76.2 Å². The summed E-state index contributed by atoms with van der Waals surface area (Å²) >= 11 is 0. The molecule has 0 amide bonds. The van der Waals surface area contributed by atoms with Crippen LogP contribution in [0, 0.1) is 27.7 Å². The molecular weight excluding hydrogens is 252 g/mol. The number of hydrogen-bond donors (Lipinski definition) is 2. The SMILES string of the molecule is Cc1ccccc1C.Cc1ccccc1C.O=C(O)O. The van der Waals surface area contributed by atoms with Gasteiger partial charge in [-0.2, -0.15) is 0 Å². The van der Waals surface area contributed by atoms with E-state index < -0.39 is 6.16 Å². The lowest BCUT2D eigenvalue weighted by Crippen LogP contribution is -1.81. The maximum Gasteiger partial charge on any atom is 0.503 e. The molecule has 0 saturated heterocycles. The molecule has 2 rings (SSSR count). The van der Waals surface area contributed by atoms with Gasteiger partial charge >= 0.3 is 6.16 Å². The van der Waals surface area contributed by atoms with Crippen LogP contribution in [0.2, 0.25) is 0 Å². The maximum absolute atomic E-state index is 8.56. The molecule has 0 aliphatic rings. The first kappa shape index (κ1) is 17.7. The van der Waals surface area contributed by atoms with Crippen molar-refractivity contribution in [2.24, 2.45) is 0 Å². The highest BCUT2D eigenvalue weighted by Gasteiger charge is 1.84. The molecule has 0 aromatic heterocycles. The van der Waals surface area contributed by atoms with Crippen LogP contribution in [-0.4, -0.2) is 16.4 Å². The third kappa shape index (κ3) is 8.75. The van der Waals surface area contributed by atoms with Crippen LogP contribution >= 0.6 is 0 Å². The molecule has 3 nitrogen and oxygen atoms in total. The van der Waals surface area contributed by atoms with Crippen molar-refractivity contribution in [3.05, 3.63) is 70.8 Å². The van der Waals surface area contributed by atoms with E-state index >= 15 is 0 Å². The van der Waals surface area contributed by atoms with Crippen LogP contribution in [0.4, 0.5) is 4.79 Å². The van der Waals surface area contributed by atoms with Crippen LogP contribution in [0.25, 0.3) is 0 Å². The van der Waals surface area contributed by atoms with Crippen molar-refractivity contribution in [1.29, 1.82) is 0 Å². The van der Waals surface area contributed by atoms with Gasteiger partial charge in [0.15, 0.2) is 0 Å². The summed E-state index contributed by atoms with van der Waals surface area (Å²) in [5.74, 6) is 0. The molecule has 0 aliphatic carbocycles. The van der Waals surface area contributed by atoms with Crippen LogP contribution in [0.5, 0.6) is 0 Å². The minimum Gasteiger partial charge on any atom is -0.450 e. The van der Waals surface area contributed by atoms with Crippen molar-refractivity contribution < 1.29 is 15.0 Å². The van der Waals surface area contributed by atoms with Gasteiger partial charge in [0.2, 0.25) is 0 Å². The zero-order valence-corrected chi connectivity index (χ0v) is 12.4. The van der Waals surface area contributed by atoms with Gasteiger partial charge in [-0.05, 0) is 49.9 Å². The Morgan fingerprint density at radius 2 is 0.800 bits per heavy atom. The lowest BCUT2D eigenvalue weighted by Gasteiger charge is -1.93. The highest BCUT2D eigenvalue weighted by molar-refractivity contribution is 5.53. The lowest BCUT2D eigenvalue weighted by molar-refractivity contribution is 0.137. The Labute approximate surface area is 120 Å². The summed E-state index contributed by atoms with van der Waals surface area (Å²) in [6.45, 7) is 8.48. The van der Waals surface area contributed by atoms with Gasteiger partial charge in [0.05, 0.1) is 0 Å². The second kappa shape index (κ2) is 9.62. The smallest absolute Gasteiger partial charge is 0.450 e. The van der Waals surface area contributed by atoms with Crippen LogP contribution in [0.3, 0.4) is 0 Å². The highest BCUT2D eigenvalue weighted by Crippen LogP contribution is 2.03. The molecule has 0 saturated carbocycles. The van der Waals surface area contributed by atoms with Crippen molar-refractivity contribution in [2.75, 3.05) is 0 Å². The molecule has 2 N–H and O–H groups in total. The summed E-state index contributed by atoms with van der Waals surface area (Å²) < 4.78 is 0. The van der Waals surface area contributed by atoms with Crippen LogP contribution < -0.4 is 0 Å². The summed E-state index contributed by atoms with van der Waals surface area (Å²) in [5, 5.41) is 13.9. The van der Waals surface area contributed by atoms with Crippen molar-refractivity contribution in [1.82, 2.24) is 0 Å². The third-order valence-corrected chi connectivity index (χ3v) is 2.85. The Hall–Kier alpha value is -2.29. The van der Waals surface area contributed by atoms with E-state index in [4.69, 9.17) is 15.0 Å². The number of benzene rings is 2. The zero-order valence-electron chi connectivity index (χ0n) is 12.4. The Morgan fingerprint density at radius 3 is 0.900 bits per heavy atom. The van der Waals surface area contributed by atoms with Crippen LogP contribution in [-0.2, 0) is 0 Å². The molecule has 0 fully saturated rings. The van der Waals surface area contributed by atoms with E-state index in [1.807, 2.05) is 0 Å². The van der Waals surface area contributed by atoms with E-state index in [9.17, 15) is 0 Å². The summed E-state index contributed by atoms with van der Waals surface area (Å²) in [6.07, 6.45) is -1.83. The van der Waals surface area contributed by atoms with Crippen molar-refractivity contribution in [2.45, 2.75) is 27.7 Å². The summed E-state index contributed by atoms with van der Waals surface area (Å²) in [4.78, 5) is 8.56. The molecule has 2 aromatic carbocycles. The molecule has 0 unspecified atom stereocenters. The van der Waals surface area contributed by atoms with Gasteiger partial charge in [-0.25, -0.2) is 4.79 Å². The van der Waals surface area contributed by atoms with E-state index in [0.29, 0.717) is 0 Å². The van der Waals surface area contributed by atoms with E-state index in [1.54, 1.807) is 0 Å². The summed E-state index contributed by atoms with van der Waals surface area (Å²) in [6, 6.07) is 16.7. The number of hydrogen-bond acceptors (Lipinski definition) is 1. The Balaban J connectivity index is 0.000000289. The minimum absolute atomic E-state index is 1.37. The maximum atomic E-state index is 8.56. The molecular formula is C17H22O3. The molecule has 108 valence electrons. The fourth-order valence-corrected chi connectivity index (χ4v) is 1.33. The van der Waals surface area contributed by atoms with Gasteiger partial charge in [0, 0.05) is 0 Å². The van der Waals surface area contributed by atoms with Gasteiger partial charge in [0.25, 0.3) is 0 Å². The van der Waals surface area contributed by atoms with Crippen molar-refractivity contribution >= 4 is 6.16 Å². The summed E-state index contributed by atoms with van der Waals surface area (Å²) in [5.41, 5.74) is 5.47. The summed E-state index contributed by atoms with van der Waals surface area (Å²) in [7, 11) is 0. The number of rotatable bonds is 0. The predicted molar refractivity (Wildman–Crippen MR) is 82.5 cm³/mol. The number of aryl methyl sites for hydroxylation is 4. The third-order valence-electron chi connectivity index (χ3n) is 2.85. The van der Waals surface area contributed by atoms with Gasteiger partial charge in [-0.1, -0.05) is 48.5 Å². The van der Waals surface area contributed by atoms with Gasteiger partial charge in [-0.3, -0.25) is 0 Å². The van der Waals surface area contributed by atoms with E-state index in [0.717, 1.165) is 0 Å². The molecule has 3 heteroatoms. The van der Waals surface area contributed by atoms with Crippen molar-refractivity contribution in [3.63, 3.8) is 0 Å². The standard InChI is InChI=1S/2C8H10.CH2O3/c2*1-7-5-3-4-6-8(7)2;2-1(3)4/h2*3-6H,1-2H3;(H2,2,3,4). The first-order valence-corrected chi connectivity index (χ1v) is 6.31. The average Bonchev–Trinajstić information content (AvgIpc) is 2.37. The Bertz CT molecular complexity index is 444. The second-order valence-corrected chi connectivity index (χ2v) is 4.45. The molecule has 0 aliphatic heterocycles. The molecule has 20 heavy (non-hydrogen) atoms. The van der Waals surface area contributed by atoms with Crippen LogP contribution in [0.1, 0.15) is 22.3 Å². The van der Waals surface area contributed by atoms with Gasteiger partial charge < -0.3 is 10.2 Å². The van der Waals surface area contributed by atoms with E-state index in [1.165, 1.54) is 22.3 Å². The average molecular weight is 274 g/mol. The molecule has 0 heterocycles. The van der Waals surface area contributed by atoms with Crippen LogP contribution in [0.15, 0.2) is 48.5 Å². The largest absolute Gasteiger partial charge is 0.503 e. The molecule has 0 bridgehead atoms. The highest BCUT2D eigenvalue weighted by atomic mass is 16.6. The fourth-order valence-electron chi connectivity index (χ4n) is 1.33. The first-order chi connectivity index (χ1) is 9.34. The lowest BCUT2D eigenvalue weighted by atomic mass is 10.1. The van der Waals surface area contributed by atoms with Gasteiger partial charge in [-0.15, -0.1) is 0 Å². The number of carboxylic acid groups (broad SMARTS) is 2. The molecule has 0 spiro atoms. The Kier molecular flexibility index (Phi) is 8.51. The molecule has 0 atom stereocenters. The zero-order chi connectivity index (χ0) is 15.5. The topological polar surface area (TPSA) is 57.5 Å². The Morgan fingerprint density at radius 1 is 0.650 bits per heavy atom. The minimum atomic E-state index is -1.83. The second-order valence-electron chi connectivity index (χ2n) is 4.45. The molecule has 0 radical (unpaired) electrons.